The summed E-state index contributed by atoms with van der Waals surface area (Å²) in [6.45, 7) is 4.84. The third-order valence-corrected chi connectivity index (χ3v) is 4.45. The van der Waals surface area contributed by atoms with Crippen molar-refractivity contribution >= 4 is 28.9 Å². The van der Waals surface area contributed by atoms with Crippen molar-refractivity contribution in [1.29, 1.82) is 0 Å². The summed E-state index contributed by atoms with van der Waals surface area (Å²) < 4.78 is 0. The predicted octanol–water partition coefficient (Wildman–Crippen LogP) is 3.29. The molecule has 0 spiro atoms. The van der Waals surface area contributed by atoms with E-state index in [0.29, 0.717) is 5.56 Å². The molecule has 27 heavy (non-hydrogen) atoms. The zero-order valence-corrected chi connectivity index (χ0v) is 15.9. The van der Waals surface area contributed by atoms with Crippen LogP contribution < -0.4 is 10.3 Å². The maximum Gasteiger partial charge on any atom is 0.254 e. The minimum absolute atomic E-state index is 0.00985. The van der Waals surface area contributed by atoms with Gasteiger partial charge >= 0.3 is 0 Å². The second-order valence-corrected chi connectivity index (χ2v) is 6.83. The lowest BCUT2D eigenvalue weighted by Crippen LogP contribution is -2.34. The van der Waals surface area contributed by atoms with Gasteiger partial charge in [0.2, 0.25) is 5.91 Å². The van der Waals surface area contributed by atoms with Crippen LogP contribution in [-0.4, -0.2) is 42.6 Å². The third kappa shape index (κ3) is 4.73. The van der Waals surface area contributed by atoms with E-state index in [1.54, 1.807) is 19.2 Å². The van der Waals surface area contributed by atoms with Crippen LogP contribution in [0.2, 0.25) is 0 Å². The van der Waals surface area contributed by atoms with E-state index in [-0.39, 0.29) is 18.4 Å². The summed E-state index contributed by atoms with van der Waals surface area (Å²) in [5.74, 6) is -0.421. The van der Waals surface area contributed by atoms with Crippen LogP contribution in [0.5, 0.6) is 0 Å². The number of anilines is 2. The summed E-state index contributed by atoms with van der Waals surface area (Å²) >= 11 is 0. The molecular formula is C21H24N4O2. The minimum Gasteiger partial charge on any atom is -0.332 e. The Morgan fingerprint density at radius 2 is 1.74 bits per heavy atom. The summed E-state index contributed by atoms with van der Waals surface area (Å²) in [6, 6.07) is 14.9. The van der Waals surface area contributed by atoms with Gasteiger partial charge in [-0.1, -0.05) is 17.7 Å². The van der Waals surface area contributed by atoms with Gasteiger partial charge in [-0.15, -0.1) is 0 Å². The first-order valence-corrected chi connectivity index (χ1v) is 8.96. The van der Waals surface area contributed by atoms with E-state index in [2.05, 4.69) is 10.4 Å². The minimum atomic E-state index is -0.229. The molecule has 0 aliphatic carbocycles. The van der Waals surface area contributed by atoms with E-state index in [1.165, 1.54) is 4.90 Å². The second kappa shape index (κ2) is 8.03. The topological polar surface area (TPSA) is 65.0 Å². The highest BCUT2D eigenvalue weighted by Crippen LogP contribution is 2.20. The van der Waals surface area contributed by atoms with Crippen LogP contribution in [0, 0.1) is 6.92 Å². The molecule has 1 aliphatic heterocycles. The number of nitrogens with zero attached hydrogens (tertiary/aromatic N) is 3. The first-order valence-electron chi connectivity index (χ1n) is 8.96. The molecule has 1 aliphatic rings. The van der Waals surface area contributed by atoms with E-state index >= 15 is 0 Å². The molecule has 0 bridgehead atoms. The molecule has 3 rings (SSSR count). The molecule has 0 saturated heterocycles. The van der Waals surface area contributed by atoms with Crippen molar-refractivity contribution in [3.8, 4) is 0 Å². The van der Waals surface area contributed by atoms with Crippen LogP contribution in [0.15, 0.2) is 53.6 Å². The fourth-order valence-corrected chi connectivity index (χ4v) is 2.88. The zero-order valence-electron chi connectivity index (χ0n) is 15.9. The zero-order chi connectivity index (χ0) is 19.4. The van der Waals surface area contributed by atoms with Crippen molar-refractivity contribution in [2.75, 3.05) is 30.5 Å². The first-order chi connectivity index (χ1) is 12.9. The Morgan fingerprint density at radius 3 is 2.33 bits per heavy atom. The van der Waals surface area contributed by atoms with Gasteiger partial charge in [0.15, 0.2) is 0 Å². The van der Waals surface area contributed by atoms with Crippen LogP contribution in [0.25, 0.3) is 0 Å². The normalized spacial score (nSPS) is 13.3. The van der Waals surface area contributed by atoms with Crippen molar-refractivity contribution < 1.29 is 9.59 Å². The van der Waals surface area contributed by atoms with Crippen molar-refractivity contribution in [3.05, 3.63) is 59.7 Å². The van der Waals surface area contributed by atoms with Gasteiger partial charge in [-0.25, -0.2) is 0 Å². The molecule has 0 radical (unpaired) electrons. The Hall–Kier alpha value is -3.15. The second-order valence-electron chi connectivity index (χ2n) is 6.83. The van der Waals surface area contributed by atoms with E-state index in [9.17, 15) is 9.59 Å². The van der Waals surface area contributed by atoms with Gasteiger partial charge in [-0.2, -0.15) is 5.10 Å². The molecule has 0 fully saturated rings. The lowest BCUT2D eigenvalue weighted by molar-refractivity contribution is -0.116. The fourth-order valence-electron chi connectivity index (χ4n) is 2.88. The maximum atomic E-state index is 12.6. The van der Waals surface area contributed by atoms with Gasteiger partial charge in [-0.05, 0) is 50.2 Å². The van der Waals surface area contributed by atoms with Crippen LogP contribution >= 0.6 is 0 Å². The summed E-state index contributed by atoms with van der Waals surface area (Å²) in [6.07, 6.45) is 0.958. The number of nitrogens with one attached hydrogen (secondary N) is 1. The molecule has 6 heteroatoms. The van der Waals surface area contributed by atoms with Crippen LogP contribution in [-0.2, 0) is 4.79 Å². The molecule has 0 saturated carbocycles. The van der Waals surface area contributed by atoms with Gasteiger partial charge in [0.25, 0.3) is 5.91 Å². The summed E-state index contributed by atoms with van der Waals surface area (Å²) in [5.41, 5.74) is 4.46. The number of likely N-dealkylation sites (N-methyl/N-ethyl adjacent to an activating group) is 1. The van der Waals surface area contributed by atoms with Gasteiger partial charge in [0.05, 0.1) is 12.2 Å². The van der Waals surface area contributed by atoms with Gasteiger partial charge in [0, 0.05) is 37.0 Å². The molecule has 2 aromatic rings. The molecular weight excluding hydrogens is 340 g/mol. The Bertz CT molecular complexity index is 857. The van der Waals surface area contributed by atoms with E-state index in [0.717, 1.165) is 35.6 Å². The average molecular weight is 364 g/mol. The largest absolute Gasteiger partial charge is 0.332 e. The number of benzene rings is 2. The highest BCUT2D eigenvalue weighted by molar-refractivity contribution is 5.99. The molecule has 0 unspecified atom stereocenters. The number of carbonyl (C=O) groups excluding carboxylic acids is 2. The monoisotopic (exact) mass is 364 g/mol. The number of aryl methyl sites for hydroxylation is 1. The highest BCUT2D eigenvalue weighted by atomic mass is 16.2. The quantitative estimate of drug-likeness (QED) is 0.885. The summed E-state index contributed by atoms with van der Waals surface area (Å²) in [5, 5.41) is 9.19. The number of rotatable bonds is 5. The van der Waals surface area contributed by atoms with E-state index in [4.69, 9.17) is 0 Å². The highest BCUT2D eigenvalue weighted by Gasteiger charge is 2.17. The number of hydrazone groups is 1. The molecule has 1 heterocycles. The first kappa shape index (κ1) is 18.6. The predicted molar refractivity (Wildman–Crippen MR) is 108 cm³/mol. The molecule has 1 N–H and O–H groups in total. The van der Waals surface area contributed by atoms with Crippen LogP contribution in [0.3, 0.4) is 0 Å². The van der Waals surface area contributed by atoms with Crippen molar-refractivity contribution in [2.45, 2.75) is 20.3 Å². The van der Waals surface area contributed by atoms with Crippen LogP contribution in [0.4, 0.5) is 11.4 Å². The number of amides is 2. The number of hydrogen-bond donors (Lipinski definition) is 1. The standard InChI is InChI=1S/C21H24N4O2/c1-15-4-8-18(9-5-15)22-20(26)14-24(3)21(27)17-6-10-19(11-7-17)25-13-12-16(2)23-25/h4-11H,12-14H2,1-3H3,(H,22,26). The van der Waals surface area contributed by atoms with Crippen molar-refractivity contribution in [3.63, 3.8) is 0 Å². The van der Waals surface area contributed by atoms with Gasteiger partial charge in [-0.3, -0.25) is 14.6 Å². The molecule has 0 aromatic heterocycles. The SMILES string of the molecule is CC1=NN(c2ccc(C(=O)N(C)CC(=O)Nc3ccc(C)cc3)cc2)CC1. The Labute approximate surface area is 159 Å². The van der Waals surface area contributed by atoms with Crippen molar-refractivity contribution in [1.82, 2.24) is 4.90 Å². The number of hydrogen-bond acceptors (Lipinski definition) is 4. The molecule has 0 atom stereocenters. The molecule has 2 aromatic carbocycles. The summed E-state index contributed by atoms with van der Waals surface area (Å²) in [7, 11) is 1.62. The van der Waals surface area contributed by atoms with E-state index in [1.807, 2.05) is 55.3 Å². The van der Waals surface area contributed by atoms with Gasteiger partial charge in [0.1, 0.15) is 0 Å². The smallest absolute Gasteiger partial charge is 0.254 e. The molecule has 2 amide bonds. The van der Waals surface area contributed by atoms with Crippen molar-refractivity contribution in [2.24, 2.45) is 5.10 Å². The Morgan fingerprint density at radius 1 is 1.07 bits per heavy atom. The lowest BCUT2D eigenvalue weighted by Gasteiger charge is -2.18. The Kier molecular flexibility index (Phi) is 5.54. The summed E-state index contributed by atoms with van der Waals surface area (Å²) in [4.78, 5) is 26.2. The number of carbonyl (C=O) groups is 2. The fraction of sp³-hybridized carbons (Fsp3) is 0.286. The van der Waals surface area contributed by atoms with Gasteiger partial charge < -0.3 is 10.2 Å². The molecule has 140 valence electrons. The van der Waals surface area contributed by atoms with E-state index < -0.39 is 0 Å². The average Bonchev–Trinajstić information content (AvgIpc) is 3.09. The lowest BCUT2D eigenvalue weighted by atomic mass is 10.1. The Balaban J connectivity index is 1.58. The maximum absolute atomic E-state index is 12.6. The van der Waals surface area contributed by atoms with Crippen LogP contribution in [0.1, 0.15) is 29.3 Å². The third-order valence-electron chi connectivity index (χ3n) is 4.45. The molecule has 6 nitrogen and oxygen atoms in total.